The summed E-state index contributed by atoms with van der Waals surface area (Å²) in [6, 6.07) is 8.39. The predicted molar refractivity (Wildman–Crippen MR) is 115 cm³/mol. The molecule has 0 bridgehead atoms. The highest BCUT2D eigenvalue weighted by Crippen LogP contribution is 2.48. The first-order chi connectivity index (χ1) is 13.4. The van der Waals surface area contributed by atoms with Gasteiger partial charge in [0.2, 0.25) is 5.91 Å². The van der Waals surface area contributed by atoms with E-state index in [4.69, 9.17) is 11.6 Å². The molecule has 7 heteroatoms. The van der Waals surface area contributed by atoms with Crippen LogP contribution in [0.4, 0.5) is 0 Å². The summed E-state index contributed by atoms with van der Waals surface area (Å²) in [4.78, 5) is 20.9. The Labute approximate surface area is 173 Å². The molecular formula is C21H32ClN5O. The van der Waals surface area contributed by atoms with Gasteiger partial charge < -0.3 is 15.5 Å². The molecule has 0 aromatic heterocycles. The maximum Gasteiger partial charge on any atom is 0.234 e. The summed E-state index contributed by atoms with van der Waals surface area (Å²) < 4.78 is 0. The molecule has 1 saturated carbocycles. The molecule has 0 radical (unpaired) electrons. The highest BCUT2D eigenvalue weighted by atomic mass is 35.5. The molecule has 1 aliphatic carbocycles. The molecule has 1 aliphatic heterocycles. The zero-order chi connectivity index (χ0) is 20.1. The summed E-state index contributed by atoms with van der Waals surface area (Å²) in [6.07, 6.45) is 2.35. The lowest BCUT2D eigenvalue weighted by molar-refractivity contribution is -0.123. The lowest BCUT2D eigenvalue weighted by Gasteiger charge is -2.36. The van der Waals surface area contributed by atoms with Gasteiger partial charge in [-0.1, -0.05) is 23.7 Å². The van der Waals surface area contributed by atoms with Gasteiger partial charge in [0.1, 0.15) is 0 Å². The largest absolute Gasteiger partial charge is 0.355 e. The van der Waals surface area contributed by atoms with Crippen molar-refractivity contribution >= 4 is 23.5 Å². The standard InChI is InChI=1S/C21H32ClN5O/c1-16(2)25-19(28)14-26-9-11-27(12-10-26)20(23-3)24-15-21(7-8-21)17-5-4-6-18(22)13-17/h4-6,13,16H,7-12,14-15H2,1-3H3,(H,23,24)(H,25,28). The topological polar surface area (TPSA) is 60.0 Å². The average molecular weight is 406 g/mol. The number of benzene rings is 1. The second-order valence-corrected chi connectivity index (χ2v) is 8.61. The summed E-state index contributed by atoms with van der Waals surface area (Å²) in [5, 5.41) is 7.33. The van der Waals surface area contributed by atoms with Crippen LogP contribution in [0.25, 0.3) is 0 Å². The van der Waals surface area contributed by atoms with Crippen molar-refractivity contribution in [2.45, 2.75) is 38.1 Å². The van der Waals surface area contributed by atoms with E-state index in [1.165, 1.54) is 18.4 Å². The van der Waals surface area contributed by atoms with E-state index in [0.29, 0.717) is 6.54 Å². The number of nitrogens with zero attached hydrogens (tertiary/aromatic N) is 3. The summed E-state index contributed by atoms with van der Waals surface area (Å²) in [5.41, 5.74) is 1.49. The van der Waals surface area contributed by atoms with Gasteiger partial charge in [-0.25, -0.2) is 0 Å². The van der Waals surface area contributed by atoms with Gasteiger partial charge in [0.15, 0.2) is 5.96 Å². The Bertz CT molecular complexity index is 709. The van der Waals surface area contributed by atoms with Gasteiger partial charge in [-0.3, -0.25) is 14.7 Å². The maximum atomic E-state index is 12.0. The van der Waals surface area contributed by atoms with Crippen molar-refractivity contribution in [1.29, 1.82) is 0 Å². The number of piperazine rings is 1. The zero-order valence-electron chi connectivity index (χ0n) is 17.2. The third-order valence-electron chi connectivity index (χ3n) is 5.58. The summed E-state index contributed by atoms with van der Waals surface area (Å²) in [6.45, 7) is 8.80. The summed E-state index contributed by atoms with van der Waals surface area (Å²) in [7, 11) is 1.84. The van der Waals surface area contributed by atoms with Crippen LogP contribution >= 0.6 is 11.6 Å². The number of halogens is 1. The molecule has 3 rings (SSSR count). The fourth-order valence-electron chi connectivity index (χ4n) is 3.81. The van der Waals surface area contributed by atoms with E-state index in [-0.39, 0.29) is 17.4 Å². The highest BCUT2D eigenvalue weighted by molar-refractivity contribution is 6.30. The van der Waals surface area contributed by atoms with E-state index in [2.05, 4.69) is 37.6 Å². The molecule has 1 amide bonds. The first-order valence-corrected chi connectivity index (χ1v) is 10.5. The van der Waals surface area contributed by atoms with Crippen LogP contribution in [0.1, 0.15) is 32.3 Å². The Hall–Kier alpha value is -1.79. The lowest BCUT2D eigenvalue weighted by Crippen LogP contribution is -2.54. The first kappa shape index (κ1) is 20.9. The molecule has 28 heavy (non-hydrogen) atoms. The minimum Gasteiger partial charge on any atom is -0.355 e. The third-order valence-corrected chi connectivity index (χ3v) is 5.81. The van der Waals surface area contributed by atoms with Gasteiger partial charge in [-0.15, -0.1) is 0 Å². The molecule has 154 valence electrons. The van der Waals surface area contributed by atoms with Gasteiger partial charge in [0.05, 0.1) is 6.54 Å². The number of amides is 1. The van der Waals surface area contributed by atoms with Crippen LogP contribution in [-0.4, -0.2) is 74.0 Å². The Morgan fingerprint density at radius 2 is 1.96 bits per heavy atom. The number of carbonyl (C=O) groups excluding carboxylic acids is 1. The number of hydrogen-bond acceptors (Lipinski definition) is 3. The van der Waals surface area contributed by atoms with Crippen molar-refractivity contribution in [3.05, 3.63) is 34.9 Å². The second kappa shape index (κ2) is 9.14. The van der Waals surface area contributed by atoms with Gasteiger partial charge in [-0.2, -0.15) is 0 Å². The number of guanidine groups is 1. The van der Waals surface area contributed by atoms with Gasteiger partial charge >= 0.3 is 0 Å². The van der Waals surface area contributed by atoms with E-state index < -0.39 is 0 Å². The predicted octanol–water partition coefficient (Wildman–Crippen LogP) is 2.09. The van der Waals surface area contributed by atoms with Crippen molar-refractivity contribution in [1.82, 2.24) is 20.4 Å². The van der Waals surface area contributed by atoms with Crippen molar-refractivity contribution in [2.75, 3.05) is 46.3 Å². The van der Waals surface area contributed by atoms with E-state index in [1.807, 2.05) is 33.0 Å². The molecule has 1 aromatic carbocycles. The maximum absolute atomic E-state index is 12.0. The molecule has 0 atom stereocenters. The van der Waals surface area contributed by atoms with Crippen LogP contribution in [0.2, 0.25) is 5.02 Å². The third kappa shape index (κ3) is 5.39. The molecule has 1 saturated heterocycles. The fourth-order valence-corrected chi connectivity index (χ4v) is 4.00. The minimum absolute atomic E-state index is 0.100. The lowest BCUT2D eigenvalue weighted by atomic mass is 9.96. The van der Waals surface area contributed by atoms with E-state index >= 15 is 0 Å². The summed E-state index contributed by atoms with van der Waals surface area (Å²) in [5.74, 6) is 1.04. The molecule has 1 aromatic rings. The molecule has 6 nitrogen and oxygen atoms in total. The van der Waals surface area contributed by atoms with Crippen molar-refractivity contribution in [3.8, 4) is 0 Å². The molecule has 2 fully saturated rings. The van der Waals surface area contributed by atoms with Crippen molar-refractivity contribution < 1.29 is 4.79 Å². The molecule has 1 heterocycles. The van der Waals surface area contributed by atoms with Gasteiger partial charge in [0, 0.05) is 56.3 Å². The van der Waals surface area contributed by atoms with Crippen LogP contribution in [0.5, 0.6) is 0 Å². The average Bonchev–Trinajstić information content (AvgIpc) is 3.44. The molecule has 2 N–H and O–H groups in total. The zero-order valence-corrected chi connectivity index (χ0v) is 17.9. The van der Waals surface area contributed by atoms with Crippen molar-refractivity contribution in [3.63, 3.8) is 0 Å². The number of carbonyl (C=O) groups is 1. The quantitative estimate of drug-likeness (QED) is 0.562. The van der Waals surface area contributed by atoms with Gasteiger partial charge in [0.25, 0.3) is 0 Å². The first-order valence-electron chi connectivity index (χ1n) is 10.2. The Balaban J connectivity index is 1.48. The Kier molecular flexibility index (Phi) is 6.83. The van der Waals surface area contributed by atoms with Crippen LogP contribution in [-0.2, 0) is 10.2 Å². The number of hydrogen-bond donors (Lipinski definition) is 2. The fraction of sp³-hybridized carbons (Fsp3) is 0.619. The summed E-state index contributed by atoms with van der Waals surface area (Å²) >= 11 is 6.18. The number of aliphatic imine (C=N–C) groups is 1. The molecule has 0 unspecified atom stereocenters. The van der Waals surface area contributed by atoms with Crippen molar-refractivity contribution in [2.24, 2.45) is 4.99 Å². The Morgan fingerprint density at radius 3 is 2.54 bits per heavy atom. The minimum atomic E-state index is 0.100. The molecule has 0 spiro atoms. The van der Waals surface area contributed by atoms with E-state index in [1.54, 1.807) is 0 Å². The molecule has 2 aliphatic rings. The van der Waals surface area contributed by atoms with Gasteiger partial charge in [-0.05, 0) is 44.4 Å². The molecular weight excluding hydrogens is 374 g/mol. The Morgan fingerprint density at radius 1 is 1.25 bits per heavy atom. The highest BCUT2D eigenvalue weighted by Gasteiger charge is 2.44. The SMILES string of the molecule is CN=C(NCC1(c2cccc(Cl)c2)CC1)N1CCN(CC(=O)NC(C)C)CC1. The monoisotopic (exact) mass is 405 g/mol. The van der Waals surface area contributed by atoms with Crippen LogP contribution in [0.3, 0.4) is 0 Å². The van der Waals surface area contributed by atoms with E-state index in [0.717, 1.165) is 43.7 Å². The van der Waals surface area contributed by atoms with E-state index in [9.17, 15) is 4.79 Å². The van der Waals surface area contributed by atoms with Crippen LogP contribution in [0.15, 0.2) is 29.3 Å². The number of nitrogens with one attached hydrogen (secondary N) is 2. The number of rotatable bonds is 6. The normalized spacial score (nSPS) is 19.6. The smallest absolute Gasteiger partial charge is 0.234 e. The second-order valence-electron chi connectivity index (χ2n) is 8.18. The van der Waals surface area contributed by atoms with Crippen LogP contribution in [0, 0.1) is 0 Å². The van der Waals surface area contributed by atoms with Crippen LogP contribution < -0.4 is 10.6 Å².